The number of fused-ring (bicyclic) bond motifs is 2. The summed E-state index contributed by atoms with van der Waals surface area (Å²) in [4.78, 5) is 34.3. The van der Waals surface area contributed by atoms with Gasteiger partial charge in [-0.15, -0.1) is 6.58 Å². The molecule has 4 rings (SSSR count). The van der Waals surface area contributed by atoms with Crippen molar-refractivity contribution < 1.29 is 0 Å². The van der Waals surface area contributed by atoms with Gasteiger partial charge in [-0.2, -0.15) is 9.61 Å². The van der Waals surface area contributed by atoms with Gasteiger partial charge < -0.3 is 0 Å². The Morgan fingerprint density at radius 2 is 2.07 bits per heavy atom. The summed E-state index contributed by atoms with van der Waals surface area (Å²) >= 11 is 2.76. The summed E-state index contributed by atoms with van der Waals surface area (Å²) in [6.45, 7) is 5.88. The number of rotatable bonds is 5. The van der Waals surface area contributed by atoms with Gasteiger partial charge in [-0.25, -0.2) is 9.97 Å². The van der Waals surface area contributed by atoms with Crippen LogP contribution in [0.15, 0.2) is 57.7 Å². The molecule has 9 heteroatoms. The highest BCUT2D eigenvalue weighted by Crippen LogP contribution is 2.24. The molecule has 7 nitrogen and oxygen atoms in total. The average molecular weight is 397 g/mol. The summed E-state index contributed by atoms with van der Waals surface area (Å²) in [5.74, 6) is 0.481. The van der Waals surface area contributed by atoms with E-state index in [9.17, 15) is 9.59 Å². The molecule has 0 saturated carbocycles. The fourth-order valence-corrected chi connectivity index (χ4v) is 4.63. The average Bonchev–Trinajstić information content (AvgIpc) is 3.06. The lowest BCUT2D eigenvalue weighted by Gasteiger charge is -2.10. The van der Waals surface area contributed by atoms with Gasteiger partial charge >= 0.3 is 0 Å². The number of nitrogens with zero attached hydrogens (tertiary/aromatic N) is 5. The SMILES string of the molecule is C=CCn1c(SCc2nn3c(=O)cc(C)nc3s2)nc2ccccc2c1=O. The maximum atomic E-state index is 12.8. The van der Waals surface area contributed by atoms with E-state index >= 15 is 0 Å². The molecule has 27 heavy (non-hydrogen) atoms. The molecule has 3 heterocycles. The molecule has 0 atom stereocenters. The Hall–Kier alpha value is -2.78. The normalized spacial score (nSPS) is 11.3. The zero-order valence-corrected chi connectivity index (χ0v) is 16.1. The molecule has 0 aliphatic rings. The molecule has 0 bridgehead atoms. The minimum absolute atomic E-state index is 0.0965. The summed E-state index contributed by atoms with van der Waals surface area (Å²) < 4.78 is 2.90. The van der Waals surface area contributed by atoms with Gasteiger partial charge in [0.15, 0.2) is 5.16 Å². The van der Waals surface area contributed by atoms with Crippen LogP contribution in [0.4, 0.5) is 0 Å². The highest BCUT2D eigenvalue weighted by Gasteiger charge is 2.13. The van der Waals surface area contributed by atoms with Crippen molar-refractivity contribution in [2.75, 3.05) is 0 Å². The van der Waals surface area contributed by atoms with Crippen LogP contribution in [0.5, 0.6) is 0 Å². The number of aryl methyl sites for hydroxylation is 1. The Bertz CT molecular complexity index is 1290. The van der Waals surface area contributed by atoms with E-state index in [1.807, 2.05) is 18.2 Å². The molecule has 0 fully saturated rings. The summed E-state index contributed by atoms with van der Waals surface area (Å²) in [5.41, 5.74) is 1.03. The third-order valence-electron chi connectivity index (χ3n) is 3.88. The number of thioether (sulfide) groups is 1. The predicted octanol–water partition coefficient (Wildman–Crippen LogP) is 2.65. The number of benzene rings is 1. The van der Waals surface area contributed by atoms with E-state index < -0.39 is 0 Å². The first kappa shape index (κ1) is 17.6. The summed E-state index contributed by atoms with van der Waals surface area (Å²) in [6, 6.07) is 8.73. The summed E-state index contributed by atoms with van der Waals surface area (Å²) in [7, 11) is 0. The van der Waals surface area contributed by atoms with Gasteiger partial charge in [0.1, 0.15) is 5.01 Å². The van der Waals surface area contributed by atoms with Gasteiger partial charge in [-0.05, 0) is 19.1 Å². The molecule has 0 unspecified atom stereocenters. The summed E-state index contributed by atoms with van der Waals surface area (Å²) in [5, 5.41) is 6.24. The molecule has 136 valence electrons. The van der Waals surface area contributed by atoms with Gasteiger partial charge in [0, 0.05) is 18.3 Å². The predicted molar refractivity (Wildman–Crippen MR) is 108 cm³/mol. The second-order valence-electron chi connectivity index (χ2n) is 5.83. The lowest BCUT2D eigenvalue weighted by Crippen LogP contribution is -2.22. The zero-order valence-electron chi connectivity index (χ0n) is 14.5. The van der Waals surface area contributed by atoms with Gasteiger partial charge in [0.25, 0.3) is 11.1 Å². The van der Waals surface area contributed by atoms with Crippen molar-refractivity contribution in [2.45, 2.75) is 24.4 Å². The monoisotopic (exact) mass is 397 g/mol. The standard InChI is InChI=1S/C18H15N5O2S2/c1-3-8-22-16(25)12-6-4-5-7-13(12)20-17(22)26-10-14-21-23-15(24)9-11(2)19-18(23)27-14/h3-7,9H,1,8,10H2,2H3. The number of aromatic nitrogens is 5. The molecule has 0 radical (unpaired) electrons. The Morgan fingerprint density at radius 3 is 2.89 bits per heavy atom. The second-order valence-corrected chi connectivity index (χ2v) is 7.81. The molecule has 0 saturated heterocycles. The molecular weight excluding hydrogens is 382 g/mol. The Morgan fingerprint density at radius 1 is 1.26 bits per heavy atom. The second kappa shape index (κ2) is 7.09. The van der Waals surface area contributed by atoms with E-state index in [1.54, 1.807) is 23.6 Å². The van der Waals surface area contributed by atoms with Gasteiger partial charge in [-0.1, -0.05) is 41.3 Å². The van der Waals surface area contributed by atoms with E-state index in [2.05, 4.69) is 21.6 Å². The zero-order chi connectivity index (χ0) is 19.0. The first-order valence-corrected chi connectivity index (χ1v) is 9.96. The van der Waals surface area contributed by atoms with E-state index in [0.717, 1.165) is 5.01 Å². The maximum absolute atomic E-state index is 12.8. The van der Waals surface area contributed by atoms with Gasteiger partial charge in [0.05, 0.1) is 16.7 Å². The van der Waals surface area contributed by atoms with Crippen LogP contribution >= 0.6 is 23.1 Å². The molecule has 0 N–H and O–H groups in total. The molecule has 4 aromatic rings. The third kappa shape index (κ3) is 3.31. The molecule has 1 aromatic carbocycles. The minimum Gasteiger partial charge on any atom is -0.283 e. The Kier molecular flexibility index (Phi) is 4.63. The number of allylic oxidation sites excluding steroid dienone is 1. The van der Waals surface area contributed by atoms with Crippen LogP contribution in [-0.2, 0) is 12.3 Å². The number of para-hydroxylation sites is 1. The Balaban J connectivity index is 1.72. The van der Waals surface area contributed by atoms with Crippen molar-refractivity contribution >= 4 is 39.0 Å². The number of hydrogen-bond donors (Lipinski definition) is 0. The van der Waals surface area contributed by atoms with Crippen LogP contribution < -0.4 is 11.1 Å². The van der Waals surface area contributed by atoms with Crippen molar-refractivity contribution in [3.8, 4) is 0 Å². The summed E-state index contributed by atoms with van der Waals surface area (Å²) in [6.07, 6.45) is 1.67. The van der Waals surface area contributed by atoms with Crippen LogP contribution in [0.2, 0.25) is 0 Å². The largest absolute Gasteiger partial charge is 0.283 e. The van der Waals surface area contributed by atoms with Crippen molar-refractivity contribution in [3.05, 3.63) is 74.4 Å². The fraction of sp³-hybridized carbons (Fsp3) is 0.167. The third-order valence-corrected chi connectivity index (χ3v) is 5.96. The highest BCUT2D eigenvalue weighted by atomic mass is 32.2. The topological polar surface area (TPSA) is 82.2 Å². The maximum Gasteiger partial charge on any atom is 0.275 e. The molecule has 0 spiro atoms. The van der Waals surface area contributed by atoms with Gasteiger partial charge in [0.2, 0.25) is 4.96 Å². The van der Waals surface area contributed by atoms with E-state index in [4.69, 9.17) is 0 Å². The Labute approximate surface area is 162 Å². The van der Waals surface area contributed by atoms with E-state index in [0.29, 0.717) is 39.0 Å². The van der Waals surface area contributed by atoms with Gasteiger partial charge in [-0.3, -0.25) is 14.2 Å². The molecule has 0 aliphatic heterocycles. The first-order chi connectivity index (χ1) is 13.1. The first-order valence-electron chi connectivity index (χ1n) is 8.16. The molecule has 3 aromatic heterocycles. The lowest BCUT2D eigenvalue weighted by molar-refractivity contribution is 0.671. The van der Waals surface area contributed by atoms with Crippen LogP contribution in [0, 0.1) is 6.92 Å². The van der Waals surface area contributed by atoms with E-state index in [-0.39, 0.29) is 11.1 Å². The van der Waals surface area contributed by atoms with Crippen LogP contribution in [-0.4, -0.2) is 24.1 Å². The highest BCUT2D eigenvalue weighted by molar-refractivity contribution is 7.98. The molecule has 0 amide bonds. The fourth-order valence-electron chi connectivity index (χ4n) is 2.69. The van der Waals surface area contributed by atoms with Crippen LogP contribution in [0.25, 0.3) is 15.9 Å². The molecular formula is C18H15N5O2S2. The quantitative estimate of drug-likeness (QED) is 0.293. The van der Waals surface area contributed by atoms with Crippen LogP contribution in [0.3, 0.4) is 0 Å². The van der Waals surface area contributed by atoms with Crippen LogP contribution in [0.1, 0.15) is 10.7 Å². The van der Waals surface area contributed by atoms with Crippen molar-refractivity contribution in [3.63, 3.8) is 0 Å². The van der Waals surface area contributed by atoms with E-state index in [1.165, 1.54) is 33.7 Å². The molecule has 0 aliphatic carbocycles. The number of hydrogen-bond acceptors (Lipinski definition) is 7. The van der Waals surface area contributed by atoms with Crippen molar-refractivity contribution in [2.24, 2.45) is 0 Å². The van der Waals surface area contributed by atoms with Crippen molar-refractivity contribution in [1.29, 1.82) is 0 Å². The lowest BCUT2D eigenvalue weighted by atomic mass is 10.2. The minimum atomic E-state index is -0.197. The van der Waals surface area contributed by atoms with Crippen molar-refractivity contribution in [1.82, 2.24) is 24.1 Å². The smallest absolute Gasteiger partial charge is 0.275 e.